The monoisotopic (exact) mass is 225 g/mol. The first-order valence-corrected chi connectivity index (χ1v) is 6.28. The highest BCUT2D eigenvalue weighted by Gasteiger charge is 2.61. The van der Waals surface area contributed by atoms with Crippen LogP contribution in [0.3, 0.4) is 0 Å². The van der Waals surface area contributed by atoms with Crippen LogP contribution in [-0.4, -0.2) is 29.2 Å². The maximum Gasteiger partial charge on any atom is 0.328 e. The van der Waals surface area contributed by atoms with E-state index in [1.165, 1.54) is 0 Å². The van der Waals surface area contributed by atoms with Crippen molar-refractivity contribution < 1.29 is 9.53 Å². The smallest absolute Gasteiger partial charge is 0.328 e. The number of hydrogen-bond acceptors (Lipinski definition) is 3. The first kappa shape index (κ1) is 11.9. The zero-order valence-electron chi connectivity index (χ0n) is 11.0. The molecular weight excluding hydrogens is 202 g/mol. The van der Waals surface area contributed by atoms with Crippen molar-refractivity contribution in [1.82, 2.24) is 4.90 Å². The molecule has 2 aliphatic heterocycles. The molecule has 0 aliphatic carbocycles. The van der Waals surface area contributed by atoms with Crippen LogP contribution in [-0.2, 0) is 9.53 Å². The molecule has 0 aromatic heterocycles. The van der Waals surface area contributed by atoms with Gasteiger partial charge in [0.05, 0.1) is 0 Å². The zero-order chi connectivity index (χ0) is 12.1. The fourth-order valence-electron chi connectivity index (χ4n) is 3.18. The molecule has 3 nitrogen and oxygen atoms in total. The molecule has 2 heterocycles. The van der Waals surface area contributed by atoms with E-state index in [4.69, 9.17) is 4.74 Å². The van der Waals surface area contributed by atoms with Crippen LogP contribution >= 0.6 is 0 Å². The van der Waals surface area contributed by atoms with E-state index in [-0.39, 0.29) is 23.2 Å². The molecule has 2 rings (SSSR count). The number of nitrogens with zero attached hydrogens (tertiary/aromatic N) is 1. The number of carbonyl (C=O) groups excluding carboxylic acids is 1. The van der Waals surface area contributed by atoms with Gasteiger partial charge in [-0.3, -0.25) is 4.90 Å². The fourth-order valence-corrected chi connectivity index (χ4v) is 3.18. The van der Waals surface area contributed by atoms with Crippen molar-refractivity contribution in [2.45, 2.75) is 59.2 Å². The van der Waals surface area contributed by atoms with Gasteiger partial charge in [-0.15, -0.1) is 0 Å². The number of fused-ring (bicyclic) bond motifs is 1. The largest absolute Gasteiger partial charge is 0.444 e. The Morgan fingerprint density at radius 3 is 2.56 bits per heavy atom. The van der Waals surface area contributed by atoms with E-state index in [0.29, 0.717) is 5.92 Å². The Morgan fingerprint density at radius 2 is 2.06 bits per heavy atom. The van der Waals surface area contributed by atoms with Crippen molar-refractivity contribution in [3.63, 3.8) is 0 Å². The first-order chi connectivity index (χ1) is 7.30. The quantitative estimate of drug-likeness (QED) is 0.642. The molecule has 0 N–H and O–H groups in total. The SMILES string of the molecule is CC(C)[C@@]12CCCN1[C@@H](C(C)(C)C)OC2=O. The highest BCUT2D eigenvalue weighted by molar-refractivity contribution is 5.83. The Hall–Kier alpha value is -0.570. The third-order valence-electron chi connectivity index (χ3n) is 4.02. The van der Waals surface area contributed by atoms with Gasteiger partial charge in [0, 0.05) is 12.0 Å². The summed E-state index contributed by atoms with van der Waals surface area (Å²) in [4.78, 5) is 14.5. The maximum atomic E-state index is 12.2. The molecule has 92 valence electrons. The van der Waals surface area contributed by atoms with Crippen LogP contribution in [0, 0.1) is 11.3 Å². The molecule has 2 atom stereocenters. The van der Waals surface area contributed by atoms with Gasteiger partial charge < -0.3 is 4.74 Å². The van der Waals surface area contributed by atoms with E-state index in [1.54, 1.807) is 0 Å². The summed E-state index contributed by atoms with van der Waals surface area (Å²) in [5.41, 5.74) is -0.339. The molecule has 0 saturated carbocycles. The van der Waals surface area contributed by atoms with Gasteiger partial charge in [0.15, 0.2) is 6.23 Å². The predicted molar refractivity (Wildman–Crippen MR) is 62.8 cm³/mol. The normalized spacial score (nSPS) is 35.6. The lowest BCUT2D eigenvalue weighted by Crippen LogP contribution is -2.52. The van der Waals surface area contributed by atoms with Gasteiger partial charge in [-0.2, -0.15) is 0 Å². The molecule has 0 spiro atoms. The number of carbonyl (C=O) groups is 1. The van der Waals surface area contributed by atoms with Crippen molar-refractivity contribution in [3.8, 4) is 0 Å². The molecule has 0 radical (unpaired) electrons. The average molecular weight is 225 g/mol. The molecule has 2 fully saturated rings. The minimum Gasteiger partial charge on any atom is -0.444 e. The third kappa shape index (κ3) is 1.41. The first-order valence-electron chi connectivity index (χ1n) is 6.28. The number of hydrogen-bond donors (Lipinski definition) is 0. The highest BCUT2D eigenvalue weighted by Crippen LogP contribution is 2.47. The zero-order valence-corrected chi connectivity index (χ0v) is 11.0. The minimum absolute atomic E-state index is 0.0000694. The second-order valence-corrected chi connectivity index (χ2v) is 6.50. The van der Waals surface area contributed by atoms with Crippen LogP contribution in [0.15, 0.2) is 0 Å². The van der Waals surface area contributed by atoms with Gasteiger partial charge in [0.25, 0.3) is 0 Å². The summed E-state index contributed by atoms with van der Waals surface area (Å²) in [6.45, 7) is 11.7. The maximum absolute atomic E-state index is 12.2. The number of esters is 1. The van der Waals surface area contributed by atoms with Gasteiger partial charge in [0.1, 0.15) is 5.54 Å². The Morgan fingerprint density at radius 1 is 1.44 bits per heavy atom. The Kier molecular flexibility index (Phi) is 2.57. The van der Waals surface area contributed by atoms with E-state index in [1.807, 2.05) is 0 Å². The van der Waals surface area contributed by atoms with Gasteiger partial charge in [0.2, 0.25) is 0 Å². The highest BCUT2D eigenvalue weighted by atomic mass is 16.6. The van der Waals surface area contributed by atoms with Crippen LogP contribution in [0.25, 0.3) is 0 Å². The van der Waals surface area contributed by atoms with E-state index >= 15 is 0 Å². The molecule has 0 aromatic rings. The summed E-state index contributed by atoms with van der Waals surface area (Å²) in [6, 6.07) is 0. The van der Waals surface area contributed by atoms with E-state index in [2.05, 4.69) is 39.5 Å². The second kappa shape index (κ2) is 3.46. The molecule has 16 heavy (non-hydrogen) atoms. The summed E-state index contributed by atoms with van der Waals surface area (Å²) in [7, 11) is 0. The molecule has 0 unspecified atom stereocenters. The van der Waals surface area contributed by atoms with Crippen LogP contribution in [0.5, 0.6) is 0 Å². The summed E-state index contributed by atoms with van der Waals surface area (Å²) < 4.78 is 5.64. The molecule has 0 amide bonds. The molecule has 0 aromatic carbocycles. The lowest BCUT2D eigenvalue weighted by Gasteiger charge is -2.37. The molecule has 3 heteroatoms. The van der Waals surface area contributed by atoms with Gasteiger partial charge >= 0.3 is 5.97 Å². The lowest BCUT2D eigenvalue weighted by atomic mass is 9.83. The van der Waals surface area contributed by atoms with Crippen molar-refractivity contribution in [2.24, 2.45) is 11.3 Å². The minimum atomic E-state index is -0.335. The Bertz CT molecular complexity index is 306. The molecule has 2 aliphatic rings. The third-order valence-corrected chi connectivity index (χ3v) is 4.02. The summed E-state index contributed by atoms with van der Waals surface area (Å²) in [5.74, 6) is 0.328. The Balaban J connectivity index is 2.37. The average Bonchev–Trinajstić information content (AvgIpc) is 2.64. The topological polar surface area (TPSA) is 29.5 Å². The van der Waals surface area contributed by atoms with Crippen molar-refractivity contribution in [3.05, 3.63) is 0 Å². The fraction of sp³-hybridized carbons (Fsp3) is 0.923. The second-order valence-electron chi connectivity index (χ2n) is 6.50. The van der Waals surface area contributed by atoms with E-state index in [0.717, 1.165) is 19.4 Å². The Labute approximate surface area is 98.1 Å². The van der Waals surface area contributed by atoms with Crippen molar-refractivity contribution in [2.75, 3.05) is 6.54 Å². The number of cyclic esters (lactones) is 1. The summed E-state index contributed by atoms with van der Waals surface area (Å²) in [6.07, 6.45) is 2.01. The molecule has 2 saturated heterocycles. The van der Waals surface area contributed by atoms with Gasteiger partial charge in [-0.25, -0.2) is 4.79 Å². The van der Waals surface area contributed by atoms with Crippen molar-refractivity contribution in [1.29, 1.82) is 0 Å². The van der Waals surface area contributed by atoms with Gasteiger partial charge in [-0.1, -0.05) is 34.6 Å². The summed E-state index contributed by atoms with van der Waals surface area (Å²) >= 11 is 0. The number of rotatable bonds is 1. The predicted octanol–water partition coefficient (Wildman–Crippen LogP) is 2.41. The van der Waals surface area contributed by atoms with Crippen LogP contribution in [0.1, 0.15) is 47.5 Å². The number of ether oxygens (including phenoxy) is 1. The molecule has 0 bridgehead atoms. The molecular formula is C13H23NO2. The van der Waals surface area contributed by atoms with Gasteiger partial charge in [-0.05, 0) is 18.8 Å². The lowest BCUT2D eigenvalue weighted by molar-refractivity contribution is -0.150. The summed E-state index contributed by atoms with van der Waals surface area (Å²) in [5, 5.41) is 0. The van der Waals surface area contributed by atoms with E-state index in [9.17, 15) is 4.79 Å². The van der Waals surface area contributed by atoms with Crippen LogP contribution < -0.4 is 0 Å². The van der Waals surface area contributed by atoms with E-state index < -0.39 is 0 Å². The van der Waals surface area contributed by atoms with Crippen LogP contribution in [0.4, 0.5) is 0 Å². The van der Waals surface area contributed by atoms with Crippen molar-refractivity contribution >= 4 is 5.97 Å². The van der Waals surface area contributed by atoms with Crippen LogP contribution in [0.2, 0.25) is 0 Å². The standard InChI is InChI=1S/C13H23NO2/c1-9(2)13-7-6-8-14(13)10(12(3,4)5)16-11(13)15/h9-10H,6-8H2,1-5H3/t10-,13-/m1/s1.